The van der Waals surface area contributed by atoms with Crippen LogP contribution < -0.4 is 16.0 Å². The molecule has 0 radical (unpaired) electrons. The maximum absolute atomic E-state index is 12.3. The van der Waals surface area contributed by atoms with Gasteiger partial charge in [-0.3, -0.25) is 4.79 Å². The maximum Gasteiger partial charge on any atom is 0.224 e. The Labute approximate surface area is 170 Å². The van der Waals surface area contributed by atoms with Gasteiger partial charge in [0.25, 0.3) is 0 Å². The second-order valence-electron chi connectivity index (χ2n) is 6.98. The molecule has 26 heavy (non-hydrogen) atoms. The van der Waals surface area contributed by atoms with Crippen LogP contribution in [0.3, 0.4) is 0 Å². The zero-order valence-corrected chi connectivity index (χ0v) is 17.1. The molecule has 1 aliphatic carbocycles. The van der Waals surface area contributed by atoms with Crippen molar-refractivity contribution in [1.82, 2.24) is 4.98 Å². The van der Waals surface area contributed by atoms with Crippen LogP contribution in [-0.2, 0) is 4.79 Å². The molecule has 5 nitrogen and oxygen atoms in total. The van der Waals surface area contributed by atoms with Crippen molar-refractivity contribution in [3.63, 3.8) is 0 Å². The highest BCUT2D eigenvalue weighted by Gasteiger charge is 2.26. The molecule has 1 aromatic heterocycles. The molecule has 4 rings (SSSR count). The minimum Gasteiger partial charge on any atom is -0.348 e. The van der Waals surface area contributed by atoms with Crippen molar-refractivity contribution in [2.45, 2.75) is 44.6 Å². The highest BCUT2D eigenvalue weighted by atomic mass is 35.5. The molecular formula is C18H26Cl2N4OS. The highest BCUT2D eigenvalue weighted by molar-refractivity contribution is 7.22. The number of fused-ring (bicyclic) bond motifs is 1. The normalized spacial score (nSPS) is 22.1. The predicted molar refractivity (Wildman–Crippen MR) is 114 cm³/mol. The minimum absolute atomic E-state index is 0. The summed E-state index contributed by atoms with van der Waals surface area (Å²) in [5.74, 6) is 0.403. The lowest BCUT2D eigenvalue weighted by Gasteiger charge is -2.14. The zero-order chi connectivity index (χ0) is 16.5. The fourth-order valence-corrected chi connectivity index (χ4v) is 4.86. The van der Waals surface area contributed by atoms with Crippen molar-refractivity contribution < 1.29 is 4.79 Å². The average molecular weight is 417 g/mol. The Hall–Kier alpha value is -1.08. The minimum atomic E-state index is 0. The van der Waals surface area contributed by atoms with Gasteiger partial charge in [-0.1, -0.05) is 17.8 Å². The van der Waals surface area contributed by atoms with Crippen LogP contribution in [0, 0.1) is 5.92 Å². The van der Waals surface area contributed by atoms with E-state index in [0.29, 0.717) is 12.3 Å². The molecule has 1 saturated heterocycles. The number of thiazole rings is 1. The fraction of sp³-hybridized carbons (Fsp3) is 0.556. The summed E-state index contributed by atoms with van der Waals surface area (Å²) in [6.45, 7) is 2.20. The van der Waals surface area contributed by atoms with Crippen LogP contribution >= 0.6 is 36.2 Å². The van der Waals surface area contributed by atoms with E-state index < -0.39 is 0 Å². The molecule has 1 amide bonds. The standard InChI is InChI=1S/C18H24N4OS.2ClH/c19-14-5-3-4-12(14)10-17(23)20-13-6-7-15-16(11-13)24-18(21-15)22-8-1-2-9-22;;/h6-7,11-12,14H,1-5,8-10,19H2,(H,20,23);2*1H/t12-,14+;;/m0../s1. The Balaban J connectivity index is 0.00000121. The van der Waals surface area contributed by atoms with Crippen LogP contribution in [0.1, 0.15) is 38.5 Å². The largest absolute Gasteiger partial charge is 0.348 e. The quantitative estimate of drug-likeness (QED) is 0.783. The first-order valence-electron chi connectivity index (χ1n) is 8.90. The number of rotatable bonds is 4. The SMILES string of the molecule is Cl.Cl.N[C@@H]1CCC[C@H]1CC(=O)Nc1ccc2nc(N3CCCC3)sc2c1. The number of nitrogens with one attached hydrogen (secondary N) is 1. The summed E-state index contributed by atoms with van der Waals surface area (Å²) >= 11 is 1.71. The Morgan fingerprint density at radius 1 is 1.23 bits per heavy atom. The molecule has 0 unspecified atom stereocenters. The number of carbonyl (C=O) groups excluding carboxylic acids is 1. The van der Waals surface area contributed by atoms with E-state index >= 15 is 0 Å². The van der Waals surface area contributed by atoms with E-state index in [4.69, 9.17) is 10.7 Å². The summed E-state index contributed by atoms with van der Waals surface area (Å²) < 4.78 is 1.13. The number of carbonyl (C=O) groups is 1. The van der Waals surface area contributed by atoms with Crippen molar-refractivity contribution >= 4 is 63.1 Å². The van der Waals surface area contributed by atoms with E-state index in [1.165, 1.54) is 12.8 Å². The van der Waals surface area contributed by atoms with Crippen molar-refractivity contribution in [3.05, 3.63) is 18.2 Å². The molecular weight excluding hydrogens is 391 g/mol. The second kappa shape index (κ2) is 9.22. The van der Waals surface area contributed by atoms with Gasteiger partial charge in [0.15, 0.2) is 5.13 Å². The monoisotopic (exact) mass is 416 g/mol. The third-order valence-electron chi connectivity index (χ3n) is 5.20. The van der Waals surface area contributed by atoms with Gasteiger partial charge in [0.1, 0.15) is 0 Å². The Bertz CT molecular complexity index is 748. The van der Waals surface area contributed by atoms with E-state index in [1.54, 1.807) is 11.3 Å². The van der Waals surface area contributed by atoms with Crippen LogP contribution in [0.25, 0.3) is 10.2 Å². The summed E-state index contributed by atoms with van der Waals surface area (Å²) in [5.41, 5.74) is 7.94. The van der Waals surface area contributed by atoms with Gasteiger partial charge in [-0.05, 0) is 49.8 Å². The number of hydrogen-bond donors (Lipinski definition) is 2. The first-order valence-corrected chi connectivity index (χ1v) is 9.72. The molecule has 1 aliphatic heterocycles. The number of nitrogens with zero attached hydrogens (tertiary/aromatic N) is 2. The van der Waals surface area contributed by atoms with Gasteiger partial charge in [0.2, 0.25) is 5.91 Å². The third-order valence-corrected chi connectivity index (χ3v) is 6.28. The van der Waals surface area contributed by atoms with Crippen LogP contribution in [0.15, 0.2) is 18.2 Å². The number of halogens is 2. The molecule has 2 fully saturated rings. The molecule has 2 aliphatic rings. The molecule has 3 N–H and O–H groups in total. The van der Waals surface area contributed by atoms with E-state index in [2.05, 4.69) is 10.2 Å². The fourth-order valence-electron chi connectivity index (χ4n) is 3.80. The van der Waals surface area contributed by atoms with Gasteiger partial charge in [-0.15, -0.1) is 24.8 Å². The Morgan fingerprint density at radius 3 is 2.69 bits per heavy atom. The first-order chi connectivity index (χ1) is 11.7. The third kappa shape index (κ3) is 4.60. The summed E-state index contributed by atoms with van der Waals surface area (Å²) in [4.78, 5) is 19.4. The van der Waals surface area contributed by atoms with Gasteiger partial charge in [0, 0.05) is 31.2 Å². The molecule has 1 aromatic carbocycles. The van der Waals surface area contributed by atoms with Gasteiger partial charge in [-0.2, -0.15) is 0 Å². The maximum atomic E-state index is 12.3. The Kier molecular flexibility index (Phi) is 7.52. The summed E-state index contributed by atoms with van der Waals surface area (Å²) in [6, 6.07) is 6.17. The summed E-state index contributed by atoms with van der Waals surface area (Å²) in [6.07, 6.45) is 6.29. The summed E-state index contributed by atoms with van der Waals surface area (Å²) in [7, 11) is 0. The number of aromatic nitrogens is 1. The van der Waals surface area contributed by atoms with Gasteiger partial charge < -0.3 is 16.0 Å². The molecule has 2 heterocycles. The van der Waals surface area contributed by atoms with Crippen molar-refractivity contribution in [2.75, 3.05) is 23.3 Å². The zero-order valence-electron chi connectivity index (χ0n) is 14.6. The number of amides is 1. The van der Waals surface area contributed by atoms with Gasteiger partial charge >= 0.3 is 0 Å². The number of benzene rings is 1. The number of hydrogen-bond acceptors (Lipinski definition) is 5. The second-order valence-corrected chi connectivity index (χ2v) is 7.99. The Morgan fingerprint density at radius 2 is 2.00 bits per heavy atom. The smallest absolute Gasteiger partial charge is 0.224 e. The molecule has 1 saturated carbocycles. The first kappa shape index (κ1) is 21.2. The van der Waals surface area contributed by atoms with Crippen molar-refractivity contribution in [1.29, 1.82) is 0 Å². The molecule has 2 aromatic rings. The van der Waals surface area contributed by atoms with Crippen LogP contribution in [0.5, 0.6) is 0 Å². The lowest BCUT2D eigenvalue weighted by molar-refractivity contribution is -0.117. The molecule has 2 atom stereocenters. The van der Waals surface area contributed by atoms with Gasteiger partial charge in [0.05, 0.1) is 10.2 Å². The number of nitrogens with two attached hydrogens (primary N) is 1. The van der Waals surface area contributed by atoms with Gasteiger partial charge in [-0.25, -0.2) is 4.98 Å². The average Bonchev–Trinajstić information content (AvgIpc) is 3.28. The van der Waals surface area contributed by atoms with E-state index in [1.807, 2.05) is 18.2 Å². The lowest BCUT2D eigenvalue weighted by atomic mass is 10.00. The van der Waals surface area contributed by atoms with E-state index in [0.717, 1.165) is 53.4 Å². The van der Waals surface area contributed by atoms with Crippen LogP contribution in [-0.4, -0.2) is 30.0 Å². The lowest BCUT2D eigenvalue weighted by Crippen LogP contribution is -2.28. The number of anilines is 2. The van der Waals surface area contributed by atoms with E-state index in [-0.39, 0.29) is 36.8 Å². The van der Waals surface area contributed by atoms with Crippen LogP contribution in [0.2, 0.25) is 0 Å². The topological polar surface area (TPSA) is 71.2 Å². The van der Waals surface area contributed by atoms with Crippen LogP contribution in [0.4, 0.5) is 10.8 Å². The highest BCUT2D eigenvalue weighted by Crippen LogP contribution is 2.33. The predicted octanol–water partition coefficient (Wildman–Crippen LogP) is 4.20. The van der Waals surface area contributed by atoms with Crippen molar-refractivity contribution in [2.24, 2.45) is 11.7 Å². The van der Waals surface area contributed by atoms with E-state index in [9.17, 15) is 4.79 Å². The molecule has 8 heteroatoms. The molecule has 0 bridgehead atoms. The summed E-state index contributed by atoms with van der Waals surface area (Å²) in [5, 5.41) is 4.13. The molecule has 144 valence electrons. The van der Waals surface area contributed by atoms with Crippen molar-refractivity contribution in [3.8, 4) is 0 Å². The molecule has 0 spiro atoms.